The van der Waals surface area contributed by atoms with Gasteiger partial charge in [0, 0.05) is 13.1 Å². The summed E-state index contributed by atoms with van der Waals surface area (Å²) in [6, 6.07) is 0. The van der Waals surface area contributed by atoms with Gasteiger partial charge in [-0.25, -0.2) is 0 Å². The number of rotatable bonds is 2. The molecule has 0 aromatic carbocycles. The minimum atomic E-state index is 1.03. The van der Waals surface area contributed by atoms with Crippen molar-refractivity contribution >= 4 is 0 Å². The van der Waals surface area contributed by atoms with E-state index in [4.69, 9.17) is 0 Å². The highest BCUT2D eigenvalue weighted by molar-refractivity contribution is 5.05. The summed E-state index contributed by atoms with van der Waals surface area (Å²) in [5.41, 5.74) is 1.63. The third-order valence-electron chi connectivity index (χ3n) is 4.38. The first-order valence-corrected chi connectivity index (χ1v) is 7.70. The van der Waals surface area contributed by atoms with E-state index in [-0.39, 0.29) is 0 Å². The number of piperidine rings is 1. The molecule has 1 saturated heterocycles. The van der Waals surface area contributed by atoms with Gasteiger partial charge in [0.2, 0.25) is 0 Å². The molecule has 2 aliphatic rings. The van der Waals surface area contributed by atoms with E-state index in [1.807, 2.05) is 0 Å². The topological polar surface area (TPSA) is 6.48 Å². The van der Waals surface area contributed by atoms with Crippen molar-refractivity contribution in [3.63, 3.8) is 0 Å². The number of nitrogens with zero attached hydrogens (tertiary/aromatic N) is 2. The highest BCUT2D eigenvalue weighted by Gasteiger charge is 2.13. The summed E-state index contributed by atoms with van der Waals surface area (Å²) in [7, 11) is 4.38. The van der Waals surface area contributed by atoms with Gasteiger partial charge in [0.25, 0.3) is 0 Å². The molecule has 2 heterocycles. The van der Waals surface area contributed by atoms with Crippen LogP contribution < -0.4 is 0 Å². The van der Waals surface area contributed by atoms with Gasteiger partial charge < -0.3 is 9.80 Å². The lowest BCUT2D eigenvalue weighted by molar-refractivity contribution is 0.216. The molecular weight excluding hydrogens is 220 g/mol. The smallest absolute Gasteiger partial charge is 0.0162 e. The number of hydrogen-bond donors (Lipinski definition) is 0. The number of likely N-dealkylation sites (N-methyl/N-ethyl adjacent to an activating group) is 1. The second kappa shape index (κ2) is 8.71. The summed E-state index contributed by atoms with van der Waals surface area (Å²) in [4.78, 5) is 4.77. The first-order valence-electron chi connectivity index (χ1n) is 7.70. The molecule has 2 heteroatoms. The molecule has 1 fully saturated rings. The average Bonchev–Trinajstić information content (AvgIpc) is 2.41. The van der Waals surface area contributed by atoms with Crippen molar-refractivity contribution in [3.8, 4) is 0 Å². The standard InChI is InChI=1S/C8H17N.C8H15N/c2*1-3-8-4-6-9(2)7-5-8/h8H,3-7H2,1-2H3;4H,3,5-7H2,1-2H3. The van der Waals surface area contributed by atoms with Gasteiger partial charge in [-0.05, 0) is 58.8 Å². The Labute approximate surface area is 114 Å². The van der Waals surface area contributed by atoms with Crippen LogP contribution in [0.1, 0.15) is 46.0 Å². The largest absolute Gasteiger partial charge is 0.306 e. The molecule has 0 spiro atoms. The summed E-state index contributed by atoms with van der Waals surface area (Å²) in [6.45, 7) is 9.58. The Bertz CT molecular complexity index is 239. The molecule has 18 heavy (non-hydrogen) atoms. The van der Waals surface area contributed by atoms with Gasteiger partial charge in [0.15, 0.2) is 0 Å². The predicted molar refractivity (Wildman–Crippen MR) is 81.0 cm³/mol. The second-order valence-electron chi connectivity index (χ2n) is 5.88. The second-order valence-corrected chi connectivity index (χ2v) is 5.88. The quantitative estimate of drug-likeness (QED) is 0.695. The Morgan fingerprint density at radius 3 is 2.17 bits per heavy atom. The zero-order valence-electron chi connectivity index (χ0n) is 12.9. The van der Waals surface area contributed by atoms with Crippen LogP contribution in [0.15, 0.2) is 11.6 Å². The van der Waals surface area contributed by atoms with Crippen molar-refractivity contribution in [3.05, 3.63) is 11.6 Å². The Hall–Kier alpha value is -0.340. The number of likely N-dealkylation sites (tertiary alicyclic amines) is 1. The fraction of sp³-hybridized carbons (Fsp3) is 0.875. The minimum Gasteiger partial charge on any atom is -0.306 e. The third-order valence-corrected chi connectivity index (χ3v) is 4.38. The summed E-state index contributed by atoms with van der Waals surface area (Å²) in [5, 5.41) is 0. The summed E-state index contributed by atoms with van der Waals surface area (Å²) >= 11 is 0. The Morgan fingerprint density at radius 1 is 1.06 bits per heavy atom. The maximum Gasteiger partial charge on any atom is 0.0162 e. The molecular formula is C16H32N2. The third kappa shape index (κ3) is 6.01. The normalized spacial score (nSPS) is 23.2. The molecule has 2 rings (SSSR count). The van der Waals surface area contributed by atoms with Gasteiger partial charge in [-0.2, -0.15) is 0 Å². The van der Waals surface area contributed by atoms with Crippen molar-refractivity contribution in [1.29, 1.82) is 0 Å². The fourth-order valence-electron chi connectivity index (χ4n) is 2.60. The van der Waals surface area contributed by atoms with Crippen molar-refractivity contribution < 1.29 is 0 Å². The molecule has 0 bridgehead atoms. The van der Waals surface area contributed by atoms with Crippen LogP contribution in [0.2, 0.25) is 0 Å². The zero-order valence-corrected chi connectivity index (χ0v) is 12.9. The van der Waals surface area contributed by atoms with Gasteiger partial charge in [0.1, 0.15) is 0 Å². The molecule has 0 N–H and O–H groups in total. The molecule has 2 nitrogen and oxygen atoms in total. The van der Waals surface area contributed by atoms with E-state index in [1.165, 1.54) is 51.7 Å². The molecule has 0 aromatic heterocycles. The molecule has 0 aromatic rings. The molecule has 0 amide bonds. The fourth-order valence-corrected chi connectivity index (χ4v) is 2.60. The van der Waals surface area contributed by atoms with Crippen LogP contribution >= 0.6 is 0 Å². The number of hydrogen-bond acceptors (Lipinski definition) is 2. The lowest BCUT2D eigenvalue weighted by atomic mass is 9.95. The predicted octanol–water partition coefficient (Wildman–Crippen LogP) is 3.40. The SMILES string of the molecule is CCC1=CCN(C)CC1.CCC1CCN(C)CC1. The molecule has 0 aliphatic carbocycles. The van der Waals surface area contributed by atoms with Gasteiger partial charge in [-0.1, -0.05) is 31.9 Å². The van der Waals surface area contributed by atoms with Gasteiger partial charge in [-0.3, -0.25) is 0 Å². The van der Waals surface area contributed by atoms with E-state index >= 15 is 0 Å². The zero-order chi connectivity index (χ0) is 13.4. The van der Waals surface area contributed by atoms with Crippen molar-refractivity contribution in [1.82, 2.24) is 9.80 Å². The van der Waals surface area contributed by atoms with Gasteiger partial charge in [0.05, 0.1) is 0 Å². The van der Waals surface area contributed by atoms with Crippen LogP contribution in [0.4, 0.5) is 0 Å². The van der Waals surface area contributed by atoms with E-state index in [0.29, 0.717) is 0 Å². The maximum atomic E-state index is 2.42. The highest BCUT2D eigenvalue weighted by Crippen LogP contribution is 2.18. The van der Waals surface area contributed by atoms with Gasteiger partial charge >= 0.3 is 0 Å². The molecule has 106 valence electrons. The van der Waals surface area contributed by atoms with E-state index in [1.54, 1.807) is 5.57 Å². The van der Waals surface area contributed by atoms with Gasteiger partial charge in [-0.15, -0.1) is 0 Å². The van der Waals surface area contributed by atoms with Crippen LogP contribution in [0.25, 0.3) is 0 Å². The van der Waals surface area contributed by atoms with Crippen LogP contribution in [0, 0.1) is 5.92 Å². The van der Waals surface area contributed by atoms with Crippen LogP contribution in [-0.4, -0.2) is 50.1 Å². The molecule has 2 aliphatic heterocycles. The molecule has 0 radical (unpaired) electrons. The van der Waals surface area contributed by atoms with Crippen molar-refractivity contribution in [2.75, 3.05) is 40.3 Å². The van der Waals surface area contributed by atoms with Crippen molar-refractivity contribution in [2.24, 2.45) is 5.92 Å². The highest BCUT2D eigenvalue weighted by atomic mass is 15.1. The maximum absolute atomic E-state index is 2.42. The lowest BCUT2D eigenvalue weighted by Crippen LogP contribution is -2.29. The Balaban J connectivity index is 0.000000180. The first-order chi connectivity index (χ1) is 8.65. The van der Waals surface area contributed by atoms with Crippen LogP contribution in [-0.2, 0) is 0 Å². The van der Waals surface area contributed by atoms with E-state index in [2.05, 4.69) is 43.8 Å². The Kier molecular flexibility index (Phi) is 7.60. The monoisotopic (exact) mass is 252 g/mol. The summed E-state index contributed by atoms with van der Waals surface area (Å²) in [6.07, 6.45) is 9.11. The average molecular weight is 252 g/mol. The Morgan fingerprint density at radius 2 is 1.72 bits per heavy atom. The molecule has 0 unspecified atom stereocenters. The summed E-state index contributed by atoms with van der Waals surface area (Å²) < 4.78 is 0. The van der Waals surface area contributed by atoms with Crippen LogP contribution in [0.3, 0.4) is 0 Å². The van der Waals surface area contributed by atoms with Crippen molar-refractivity contribution in [2.45, 2.75) is 46.0 Å². The van der Waals surface area contributed by atoms with Crippen LogP contribution in [0.5, 0.6) is 0 Å². The minimum absolute atomic E-state index is 1.03. The first kappa shape index (κ1) is 15.7. The lowest BCUT2D eigenvalue weighted by Gasteiger charge is -2.27. The van der Waals surface area contributed by atoms with E-state index < -0.39 is 0 Å². The van der Waals surface area contributed by atoms with E-state index in [0.717, 1.165) is 12.5 Å². The summed E-state index contributed by atoms with van der Waals surface area (Å²) in [5.74, 6) is 1.03. The molecule has 0 atom stereocenters. The van der Waals surface area contributed by atoms with E-state index in [9.17, 15) is 0 Å². The molecule has 0 saturated carbocycles.